The minimum atomic E-state index is 0.164. The van der Waals surface area contributed by atoms with Crippen LogP contribution in [-0.4, -0.2) is 5.78 Å². The Hall–Kier alpha value is -1.11. The highest BCUT2D eigenvalue weighted by molar-refractivity contribution is 5.95. The first kappa shape index (κ1) is 11.0. The van der Waals surface area contributed by atoms with Gasteiger partial charge in [-0.05, 0) is 30.4 Å². The Kier molecular flexibility index (Phi) is 3.45. The molecule has 0 spiro atoms. The third kappa shape index (κ3) is 2.22. The number of hydrogen-bond acceptors (Lipinski definition) is 1. The van der Waals surface area contributed by atoms with E-state index in [0.29, 0.717) is 5.92 Å². The maximum absolute atomic E-state index is 11.3. The van der Waals surface area contributed by atoms with Crippen molar-refractivity contribution in [2.75, 3.05) is 0 Å². The first-order valence-electron chi connectivity index (χ1n) is 5.20. The van der Waals surface area contributed by atoms with E-state index in [0.717, 1.165) is 12.0 Å². The Labute approximate surface area is 86.1 Å². The minimum Gasteiger partial charge on any atom is -0.295 e. The van der Waals surface area contributed by atoms with Crippen LogP contribution in [0.4, 0.5) is 0 Å². The van der Waals surface area contributed by atoms with Crippen molar-refractivity contribution >= 4 is 5.78 Å². The smallest absolute Gasteiger partial charge is 0.160 e. The molecule has 0 saturated heterocycles. The maximum atomic E-state index is 11.3. The zero-order chi connectivity index (χ0) is 10.7. The molecule has 1 aromatic carbocycles. The summed E-state index contributed by atoms with van der Waals surface area (Å²) >= 11 is 0. The van der Waals surface area contributed by atoms with Crippen LogP contribution in [0, 0.1) is 0 Å². The predicted molar refractivity (Wildman–Crippen MR) is 59.9 cm³/mol. The molecule has 0 fully saturated rings. The third-order valence-electron chi connectivity index (χ3n) is 2.56. The molecule has 1 aromatic rings. The summed E-state index contributed by atoms with van der Waals surface area (Å²) in [5.74, 6) is 0.693. The van der Waals surface area contributed by atoms with Crippen LogP contribution >= 0.6 is 0 Å². The fourth-order valence-electron chi connectivity index (χ4n) is 1.61. The molecule has 0 aliphatic carbocycles. The van der Waals surface area contributed by atoms with Crippen LogP contribution in [0.5, 0.6) is 0 Å². The highest BCUT2D eigenvalue weighted by Gasteiger charge is 2.07. The van der Waals surface area contributed by atoms with Gasteiger partial charge in [-0.25, -0.2) is 0 Å². The number of Topliss-reactive ketones (excluding diaryl/α,β-unsaturated/α-hetero) is 1. The summed E-state index contributed by atoms with van der Waals surface area (Å²) in [4.78, 5) is 11.3. The minimum absolute atomic E-state index is 0.164. The molecule has 0 aliphatic rings. The number of carbonyl (C=O) groups is 1. The lowest BCUT2D eigenvalue weighted by Crippen LogP contribution is -2.00. The van der Waals surface area contributed by atoms with Crippen LogP contribution < -0.4 is 0 Å². The van der Waals surface area contributed by atoms with Crippen molar-refractivity contribution in [2.45, 2.75) is 40.0 Å². The molecule has 14 heavy (non-hydrogen) atoms. The summed E-state index contributed by atoms with van der Waals surface area (Å²) in [5, 5.41) is 0. The Morgan fingerprint density at radius 1 is 1.36 bits per heavy atom. The van der Waals surface area contributed by atoms with E-state index >= 15 is 0 Å². The van der Waals surface area contributed by atoms with Gasteiger partial charge in [-0.1, -0.05) is 39.0 Å². The lowest BCUT2D eigenvalue weighted by atomic mass is 9.95. The van der Waals surface area contributed by atoms with Gasteiger partial charge in [0.15, 0.2) is 5.78 Å². The van der Waals surface area contributed by atoms with Crippen LogP contribution in [-0.2, 0) is 6.42 Å². The van der Waals surface area contributed by atoms with Gasteiger partial charge in [0.25, 0.3) is 0 Å². The van der Waals surface area contributed by atoms with Crippen LogP contribution in [0.15, 0.2) is 18.2 Å². The van der Waals surface area contributed by atoms with E-state index in [1.54, 1.807) is 6.92 Å². The number of hydrogen-bond donors (Lipinski definition) is 0. The molecule has 0 heterocycles. The molecular formula is C13H18O. The quantitative estimate of drug-likeness (QED) is 0.666. The summed E-state index contributed by atoms with van der Waals surface area (Å²) in [6.45, 7) is 8.06. The van der Waals surface area contributed by atoms with E-state index in [4.69, 9.17) is 0 Å². The Morgan fingerprint density at radius 2 is 2.00 bits per heavy atom. The summed E-state index contributed by atoms with van der Waals surface area (Å²) < 4.78 is 0. The molecule has 0 radical (unpaired) electrons. The maximum Gasteiger partial charge on any atom is 0.160 e. The predicted octanol–water partition coefficient (Wildman–Crippen LogP) is 3.58. The van der Waals surface area contributed by atoms with Gasteiger partial charge in [0, 0.05) is 5.56 Å². The first-order valence-corrected chi connectivity index (χ1v) is 5.20. The van der Waals surface area contributed by atoms with Gasteiger partial charge in [0.1, 0.15) is 0 Å². The molecule has 1 nitrogen and oxygen atoms in total. The molecule has 0 N–H and O–H groups in total. The van der Waals surface area contributed by atoms with Crippen molar-refractivity contribution in [1.29, 1.82) is 0 Å². The SMILES string of the molecule is CCc1cc(C(C)C)ccc1C(C)=O. The van der Waals surface area contributed by atoms with Crippen molar-refractivity contribution in [3.63, 3.8) is 0 Å². The van der Waals surface area contributed by atoms with Crippen LogP contribution in [0.25, 0.3) is 0 Å². The van der Waals surface area contributed by atoms with Crippen molar-refractivity contribution in [3.05, 3.63) is 34.9 Å². The third-order valence-corrected chi connectivity index (χ3v) is 2.56. The van der Waals surface area contributed by atoms with E-state index in [9.17, 15) is 4.79 Å². The van der Waals surface area contributed by atoms with Gasteiger partial charge in [0.2, 0.25) is 0 Å². The lowest BCUT2D eigenvalue weighted by molar-refractivity contribution is 0.101. The number of rotatable bonds is 3. The molecule has 0 amide bonds. The van der Waals surface area contributed by atoms with Crippen molar-refractivity contribution in [3.8, 4) is 0 Å². The van der Waals surface area contributed by atoms with Crippen LogP contribution in [0.2, 0.25) is 0 Å². The average Bonchev–Trinajstić information content (AvgIpc) is 2.16. The molecule has 0 aliphatic heterocycles. The second-order valence-corrected chi connectivity index (χ2v) is 3.98. The second-order valence-electron chi connectivity index (χ2n) is 3.98. The Balaban J connectivity index is 3.18. The first-order chi connectivity index (χ1) is 6.56. The zero-order valence-corrected chi connectivity index (χ0v) is 9.42. The fraction of sp³-hybridized carbons (Fsp3) is 0.462. The van der Waals surface area contributed by atoms with Gasteiger partial charge in [-0.3, -0.25) is 4.79 Å². The van der Waals surface area contributed by atoms with E-state index in [1.165, 1.54) is 11.1 Å². The second kappa shape index (κ2) is 4.41. The van der Waals surface area contributed by atoms with Gasteiger partial charge < -0.3 is 0 Å². The summed E-state index contributed by atoms with van der Waals surface area (Å²) in [7, 11) is 0. The topological polar surface area (TPSA) is 17.1 Å². The molecule has 0 atom stereocenters. The van der Waals surface area contributed by atoms with Crippen LogP contribution in [0.1, 0.15) is 55.1 Å². The lowest BCUT2D eigenvalue weighted by Gasteiger charge is -2.10. The standard InChI is InChI=1S/C13H18O/c1-5-11-8-12(9(2)3)6-7-13(11)10(4)14/h6-9H,5H2,1-4H3. The van der Waals surface area contributed by atoms with Gasteiger partial charge in [-0.2, -0.15) is 0 Å². The Bertz CT molecular complexity index is 337. The highest BCUT2D eigenvalue weighted by Crippen LogP contribution is 2.19. The fourth-order valence-corrected chi connectivity index (χ4v) is 1.61. The molecule has 0 aromatic heterocycles. The van der Waals surface area contributed by atoms with E-state index < -0.39 is 0 Å². The van der Waals surface area contributed by atoms with Crippen molar-refractivity contribution < 1.29 is 4.79 Å². The molecule has 0 unspecified atom stereocenters. The summed E-state index contributed by atoms with van der Waals surface area (Å²) in [6.07, 6.45) is 0.926. The van der Waals surface area contributed by atoms with Gasteiger partial charge in [-0.15, -0.1) is 0 Å². The van der Waals surface area contributed by atoms with E-state index in [-0.39, 0.29) is 5.78 Å². The molecule has 0 bridgehead atoms. The number of ketones is 1. The molecule has 1 heteroatoms. The highest BCUT2D eigenvalue weighted by atomic mass is 16.1. The molecule has 1 rings (SSSR count). The normalized spacial score (nSPS) is 10.6. The van der Waals surface area contributed by atoms with Crippen molar-refractivity contribution in [1.82, 2.24) is 0 Å². The zero-order valence-electron chi connectivity index (χ0n) is 9.42. The summed E-state index contributed by atoms with van der Waals surface area (Å²) in [6, 6.07) is 6.17. The average molecular weight is 190 g/mol. The van der Waals surface area contributed by atoms with Crippen LogP contribution in [0.3, 0.4) is 0 Å². The number of benzene rings is 1. The number of carbonyl (C=O) groups excluding carboxylic acids is 1. The van der Waals surface area contributed by atoms with Gasteiger partial charge >= 0.3 is 0 Å². The molecular weight excluding hydrogens is 172 g/mol. The molecule has 0 saturated carbocycles. The number of aryl methyl sites for hydroxylation is 1. The largest absolute Gasteiger partial charge is 0.295 e. The van der Waals surface area contributed by atoms with Gasteiger partial charge in [0.05, 0.1) is 0 Å². The molecule has 76 valence electrons. The Morgan fingerprint density at radius 3 is 2.43 bits per heavy atom. The van der Waals surface area contributed by atoms with E-state index in [1.807, 2.05) is 6.07 Å². The van der Waals surface area contributed by atoms with Crippen molar-refractivity contribution in [2.24, 2.45) is 0 Å². The summed E-state index contributed by atoms with van der Waals surface area (Å²) in [5.41, 5.74) is 3.35. The monoisotopic (exact) mass is 190 g/mol. The van der Waals surface area contributed by atoms with E-state index in [2.05, 4.69) is 32.9 Å².